The average Bonchev–Trinajstić information content (AvgIpc) is 3.19. The topological polar surface area (TPSA) is 63.4 Å². The van der Waals surface area contributed by atoms with Gasteiger partial charge in [-0.2, -0.15) is 0 Å². The second-order valence-corrected chi connectivity index (χ2v) is 6.78. The minimum atomic E-state index is -0.584. The van der Waals surface area contributed by atoms with Gasteiger partial charge >= 0.3 is 0 Å². The number of fused-ring (bicyclic) bond motifs is 1. The van der Waals surface area contributed by atoms with Gasteiger partial charge in [0.05, 0.1) is 6.04 Å². The molecule has 1 unspecified atom stereocenters. The molecule has 0 heterocycles. The minimum Gasteiger partial charge on any atom is -0.368 e. The summed E-state index contributed by atoms with van der Waals surface area (Å²) < 4.78 is 13.9. The summed E-state index contributed by atoms with van der Waals surface area (Å²) in [5.74, 6) is -1.12. The maximum absolute atomic E-state index is 13.9. The summed E-state index contributed by atoms with van der Waals surface area (Å²) >= 11 is 0. The van der Waals surface area contributed by atoms with Crippen LogP contribution in [0.25, 0.3) is 0 Å². The zero-order valence-corrected chi connectivity index (χ0v) is 16.0. The molecule has 0 bridgehead atoms. The monoisotopic (exact) mass is 390 g/mol. The van der Waals surface area contributed by atoms with Crippen molar-refractivity contribution in [3.63, 3.8) is 0 Å². The van der Waals surface area contributed by atoms with Crippen LogP contribution >= 0.6 is 0 Å². The molecule has 0 saturated heterocycles. The first-order valence-electron chi connectivity index (χ1n) is 9.49. The Labute approximate surface area is 169 Å². The van der Waals surface area contributed by atoms with Crippen LogP contribution in [0.5, 0.6) is 0 Å². The third kappa shape index (κ3) is 5.08. The van der Waals surface area contributed by atoms with Crippen LogP contribution in [0.4, 0.5) is 4.39 Å². The van der Waals surface area contributed by atoms with Gasteiger partial charge < -0.3 is 10.6 Å². The summed E-state index contributed by atoms with van der Waals surface area (Å²) in [6.07, 6.45) is 1.13. The molecule has 0 aliphatic heterocycles. The van der Waals surface area contributed by atoms with Crippen LogP contribution in [0.2, 0.25) is 0 Å². The second-order valence-electron chi connectivity index (χ2n) is 6.78. The first-order chi connectivity index (χ1) is 14.1. The van der Waals surface area contributed by atoms with Gasteiger partial charge in [0.1, 0.15) is 12.4 Å². The molecule has 5 heteroatoms. The lowest BCUT2D eigenvalue weighted by molar-refractivity contribution is -0.119. The van der Waals surface area contributed by atoms with Crippen LogP contribution in [0, 0.1) is 5.82 Å². The Bertz CT molecular complexity index is 934. The van der Waals surface area contributed by atoms with Gasteiger partial charge in [-0.05, 0) is 42.2 Å². The minimum absolute atomic E-state index is 0.186. The average molecular weight is 390 g/mol. The van der Waals surface area contributed by atoms with E-state index in [1.165, 1.54) is 11.0 Å². The number of amides is 2. The summed E-state index contributed by atoms with van der Waals surface area (Å²) in [5.41, 5.74) is 7.18. The van der Waals surface area contributed by atoms with E-state index in [9.17, 15) is 14.0 Å². The fourth-order valence-corrected chi connectivity index (χ4v) is 3.53. The maximum atomic E-state index is 13.9. The highest BCUT2D eigenvalue weighted by Crippen LogP contribution is 2.37. The summed E-state index contributed by atoms with van der Waals surface area (Å²) in [6.45, 7) is -0.186. The van der Waals surface area contributed by atoms with E-state index in [0.717, 1.165) is 5.56 Å². The zero-order valence-electron chi connectivity index (χ0n) is 16.0. The molecule has 0 spiro atoms. The van der Waals surface area contributed by atoms with E-state index in [1.807, 2.05) is 48.5 Å². The SMILES string of the molecule is NC(=O)CN(C(=O)c1ccccc1)C1CCc2c(F)cccc21.c1ccccc1. The van der Waals surface area contributed by atoms with Gasteiger partial charge in [0.15, 0.2) is 0 Å². The predicted molar refractivity (Wildman–Crippen MR) is 111 cm³/mol. The highest BCUT2D eigenvalue weighted by molar-refractivity contribution is 5.96. The van der Waals surface area contributed by atoms with Crippen molar-refractivity contribution in [2.45, 2.75) is 18.9 Å². The number of carbonyl (C=O) groups excluding carboxylic acids is 2. The van der Waals surface area contributed by atoms with Crippen molar-refractivity contribution in [1.82, 2.24) is 4.90 Å². The first-order valence-corrected chi connectivity index (χ1v) is 9.49. The molecule has 1 atom stereocenters. The lowest BCUT2D eigenvalue weighted by atomic mass is 10.0. The fraction of sp³-hybridized carbons (Fsp3) is 0.167. The molecule has 0 aromatic heterocycles. The van der Waals surface area contributed by atoms with Gasteiger partial charge in [-0.15, -0.1) is 0 Å². The molecular weight excluding hydrogens is 367 g/mol. The number of benzene rings is 3. The van der Waals surface area contributed by atoms with Gasteiger partial charge in [0, 0.05) is 5.56 Å². The highest BCUT2D eigenvalue weighted by atomic mass is 19.1. The Morgan fingerprint density at radius 1 is 0.897 bits per heavy atom. The third-order valence-electron chi connectivity index (χ3n) is 4.83. The molecule has 3 aromatic carbocycles. The zero-order chi connectivity index (χ0) is 20.6. The fourth-order valence-electron chi connectivity index (χ4n) is 3.53. The van der Waals surface area contributed by atoms with Crippen molar-refractivity contribution >= 4 is 11.8 Å². The molecule has 4 nitrogen and oxygen atoms in total. The second kappa shape index (κ2) is 9.64. The standard InChI is InChI=1S/C18H17FN2O2.C6H6/c19-15-8-4-7-14-13(15)9-10-16(14)21(11-17(20)22)18(23)12-5-2-1-3-6-12;1-2-4-6-5-3-1/h1-8,16H,9-11H2,(H2,20,22);1-6H. The first kappa shape index (κ1) is 20.3. The molecule has 0 radical (unpaired) electrons. The molecule has 29 heavy (non-hydrogen) atoms. The van der Waals surface area contributed by atoms with Gasteiger partial charge in [0.25, 0.3) is 5.91 Å². The molecule has 148 valence electrons. The number of hydrogen-bond acceptors (Lipinski definition) is 2. The van der Waals surface area contributed by atoms with Crippen LogP contribution in [0.15, 0.2) is 84.9 Å². The summed E-state index contributed by atoms with van der Waals surface area (Å²) in [4.78, 5) is 25.7. The van der Waals surface area contributed by atoms with E-state index in [4.69, 9.17) is 5.73 Å². The smallest absolute Gasteiger partial charge is 0.254 e. The van der Waals surface area contributed by atoms with E-state index >= 15 is 0 Å². The van der Waals surface area contributed by atoms with Crippen molar-refractivity contribution < 1.29 is 14.0 Å². The molecule has 1 aliphatic rings. The van der Waals surface area contributed by atoms with Crippen molar-refractivity contribution in [3.05, 3.63) is 107 Å². The van der Waals surface area contributed by atoms with Crippen molar-refractivity contribution in [2.24, 2.45) is 5.73 Å². The number of rotatable bonds is 4. The summed E-state index contributed by atoms with van der Waals surface area (Å²) in [7, 11) is 0. The van der Waals surface area contributed by atoms with Gasteiger partial charge in [0.2, 0.25) is 5.91 Å². The molecular formula is C24H23FN2O2. The normalized spacial score (nSPS) is 14.3. The summed E-state index contributed by atoms with van der Waals surface area (Å²) in [6, 6.07) is 25.2. The Kier molecular flexibility index (Phi) is 6.74. The van der Waals surface area contributed by atoms with E-state index < -0.39 is 5.91 Å². The summed E-state index contributed by atoms with van der Waals surface area (Å²) in [5, 5.41) is 0. The van der Waals surface area contributed by atoms with Crippen LogP contribution in [-0.2, 0) is 11.2 Å². The predicted octanol–water partition coefficient (Wildman–Crippen LogP) is 4.13. The van der Waals surface area contributed by atoms with Crippen molar-refractivity contribution in [1.29, 1.82) is 0 Å². The van der Waals surface area contributed by atoms with Gasteiger partial charge in [-0.25, -0.2) is 4.39 Å². The van der Waals surface area contributed by atoms with Crippen molar-refractivity contribution in [2.75, 3.05) is 6.54 Å². The molecule has 2 amide bonds. The number of halogens is 1. The number of carbonyl (C=O) groups is 2. The van der Waals surface area contributed by atoms with Crippen LogP contribution < -0.4 is 5.73 Å². The van der Waals surface area contributed by atoms with E-state index in [-0.39, 0.29) is 24.3 Å². The quantitative estimate of drug-likeness (QED) is 0.728. The Hall–Kier alpha value is -3.47. The number of nitrogens with two attached hydrogens (primary N) is 1. The molecule has 1 aliphatic carbocycles. The van der Waals surface area contributed by atoms with E-state index in [0.29, 0.717) is 24.0 Å². The molecule has 3 aromatic rings. The highest BCUT2D eigenvalue weighted by Gasteiger charge is 2.33. The van der Waals surface area contributed by atoms with Gasteiger partial charge in [-0.3, -0.25) is 9.59 Å². The molecule has 2 N–H and O–H groups in total. The Morgan fingerprint density at radius 2 is 1.48 bits per heavy atom. The lowest BCUT2D eigenvalue weighted by Gasteiger charge is -2.28. The molecule has 0 fully saturated rings. The Morgan fingerprint density at radius 3 is 2.07 bits per heavy atom. The maximum Gasteiger partial charge on any atom is 0.254 e. The van der Waals surface area contributed by atoms with Crippen LogP contribution in [-0.4, -0.2) is 23.3 Å². The van der Waals surface area contributed by atoms with Crippen molar-refractivity contribution in [3.8, 4) is 0 Å². The van der Waals surface area contributed by atoms with Crippen LogP contribution in [0.3, 0.4) is 0 Å². The lowest BCUT2D eigenvalue weighted by Crippen LogP contribution is -2.40. The van der Waals surface area contributed by atoms with Crippen LogP contribution in [0.1, 0.15) is 33.9 Å². The molecule has 0 saturated carbocycles. The number of primary amides is 1. The van der Waals surface area contributed by atoms with Gasteiger partial charge in [-0.1, -0.05) is 66.7 Å². The van der Waals surface area contributed by atoms with E-state index in [1.54, 1.807) is 30.3 Å². The number of nitrogens with zero attached hydrogens (tertiary/aromatic N) is 1. The third-order valence-corrected chi connectivity index (χ3v) is 4.83. The Balaban J connectivity index is 0.000000343. The largest absolute Gasteiger partial charge is 0.368 e. The van der Waals surface area contributed by atoms with E-state index in [2.05, 4.69) is 0 Å². The number of hydrogen-bond donors (Lipinski definition) is 1. The molecule has 4 rings (SSSR count).